The number of methoxy groups -OCH3 is 1. The fourth-order valence-electron chi connectivity index (χ4n) is 2.25. The molecule has 0 bridgehead atoms. The van der Waals surface area contributed by atoms with Crippen LogP contribution in [0.2, 0.25) is 0 Å². The topological polar surface area (TPSA) is 30.5 Å². The Hall–Kier alpha value is -0.120. The number of hydrogen-bond acceptors (Lipinski definition) is 3. The van der Waals surface area contributed by atoms with Gasteiger partial charge in [0, 0.05) is 19.8 Å². The molecule has 1 unspecified atom stereocenters. The molecule has 0 aromatic rings. The minimum atomic E-state index is 0.222. The first-order valence-corrected chi connectivity index (χ1v) is 6.67. The highest BCUT2D eigenvalue weighted by Crippen LogP contribution is 2.17. The smallest absolute Gasteiger partial charge is 0.0780 e. The lowest BCUT2D eigenvalue weighted by Crippen LogP contribution is -2.32. The zero-order valence-electron chi connectivity index (χ0n) is 10.8. The van der Waals surface area contributed by atoms with E-state index in [0.29, 0.717) is 6.61 Å². The Morgan fingerprint density at radius 3 is 2.69 bits per heavy atom. The van der Waals surface area contributed by atoms with Gasteiger partial charge in [-0.15, -0.1) is 0 Å². The monoisotopic (exact) mass is 229 g/mol. The zero-order chi connectivity index (χ0) is 11.6. The largest absolute Gasteiger partial charge is 0.382 e. The van der Waals surface area contributed by atoms with E-state index in [9.17, 15) is 0 Å². The molecule has 1 N–H and O–H groups in total. The molecule has 0 aromatic heterocycles. The van der Waals surface area contributed by atoms with Gasteiger partial charge in [-0.1, -0.05) is 19.3 Å². The minimum Gasteiger partial charge on any atom is -0.382 e. The molecule has 0 aromatic carbocycles. The van der Waals surface area contributed by atoms with Gasteiger partial charge in [-0.05, 0) is 32.7 Å². The number of rotatable bonds is 8. The molecule has 0 radical (unpaired) electrons. The second kappa shape index (κ2) is 8.97. The third kappa shape index (κ3) is 6.46. The summed E-state index contributed by atoms with van der Waals surface area (Å²) >= 11 is 0. The van der Waals surface area contributed by atoms with E-state index < -0.39 is 0 Å². The maximum Gasteiger partial charge on any atom is 0.0780 e. The van der Waals surface area contributed by atoms with E-state index >= 15 is 0 Å². The fourth-order valence-corrected chi connectivity index (χ4v) is 2.25. The summed E-state index contributed by atoms with van der Waals surface area (Å²) in [5.74, 6) is 0. The second-order valence-corrected chi connectivity index (χ2v) is 4.78. The van der Waals surface area contributed by atoms with Crippen LogP contribution in [-0.4, -0.2) is 39.0 Å². The Labute approximate surface area is 99.9 Å². The van der Waals surface area contributed by atoms with Gasteiger partial charge in [-0.25, -0.2) is 0 Å². The van der Waals surface area contributed by atoms with Crippen molar-refractivity contribution in [2.45, 2.75) is 57.6 Å². The van der Waals surface area contributed by atoms with Gasteiger partial charge in [0.05, 0.1) is 12.7 Å². The highest BCUT2D eigenvalue weighted by atomic mass is 16.5. The van der Waals surface area contributed by atoms with E-state index in [1.165, 1.54) is 32.1 Å². The lowest BCUT2D eigenvalue weighted by Gasteiger charge is -2.22. The van der Waals surface area contributed by atoms with E-state index in [1.54, 1.807) is 7.11 Å². The molecule has 0 heterocycles. The molecule has 1 aliphatic carbocycles. The van der Waals surface area contributed by atoms with Crippen LogP contribution in [0, 0.1) is 0 Å². The van der Waals surface area contributed by atoms with Crippen molar-refractivity contribution in [3.05, 3.63) is 0 Å². The summed E-state index contributed by atoms with van der Waals surface area (Å²) in [6.07, 6.45) is 8.28. The molecule has 0 saturated heterocycles. The molecule has 96 valence electrons. The summed E-state index contributed by atoms with van der Waals surface area (Å²) in [6.45, 7) is 4.67. The van der Waals surface area contributed by atoms with E-state index in [-0.39, 0.29) is 6.10 Å². The van der Waals surface area contributed by atoms with E-state index in [0.717, 1.165) is 25.6 Å². The maximum absolute atomic E-state index is 5.61. The Morgan fingerprint density at radius 1 is 1.25 bits per heavy atom. The summed E-state index contributed by atoms with van der Waals surface area (Å²) in [5.41, 5.74) is 0. The molecular weight excluding hydrogens is 202 g/mol. The highest BCUT2D eigenvalue weighted by Gasteiger charge is 2.11. The normalized spacial score (nSPS) is 19.9. The van der Waals surface area contributed by atoms with Crippen molar-refractivity contribution < 1.29 is 9.47 Å². The molecular formula is C13H27NO2. The average Bonchev–Trinajstić information content (AvgIpc) is 2.30. The maximum atomic E-state index is 5.61. The Balaban J connectivity index is 1.87. The van der Waals surface area contributed by atoms with E-state index in [4.69, 9.17) is 9.47 Å². The van der Waals surface area contributed by atoms with Crippen molar-refractivity contribution in [3.63, 3.8) is 0 Å². The van der Waals surface area contributed by atoms with Crippen molar-refractivity contribution in [3.8, 4) is 0 Å². The molecule has 3 nitrogen and oxygen atoms in total. The van der Waals surface area contributed by atoms with Crippen molar-refractivity contribution in [2.24, 2.45) is 0 Å². The molecule has 16 heavy (non-hydrogen) atoms. The average molecular weight is 229 g/mol. The Kier molecular flexibility index (Phi) is 7.81. The molecule has 1 rings (SSSR count). The van der Waals surface area contributed by atoms with Crippen LogP contribution >= 0.6 is 0 Å². The summed E-state index contributed by atoms with van der Waals surface area (Å²) in [5, 5.41) is 3.62. The Bertz CT molecular complexity index is 158. The summed E-state index contributed by atoms with van der Waals surface area (Å²) < 4.78 is 10.6. The van der Waals surface area contributed by atoms with Crippen LogP contribution in [0.4, 0.5) is 0 Å². The molecule has 0 amide bonds. The molecule has 3 heteroatoms. The van der Waals surface area contributed by atoms with Crippen LogP contribution < -0.4 is 5.32 Å². The lowest BCUT2D eigenvalue weighted by atomic mass is 9.95. The van der Waals surface area contributed by atoms with Crippen molar-refractivity contribution in [2.75, 3.05) is 26.9 Å². The highest BCUT2D eigenvalue weighted by molar-refractivity contribution is 4.71. The Morgan fingerprint density at radius 2 is 2.00 bits per heavy atom. The van der Waals surface area contributed by atoms with Crippen LogP contribution in [-0.2, 0) is 9.47 Å². The quantitative estimate of drug-likeness (QED) is 0.648. The van der Waals surface area contributed by atoms with Crippen LogP contribution in [0.3, 0.4) is 0 Å². The predicted molar refractivity (Wildman–Crippen MR) is 66.8 cm³/mol. The summed E-state index contributed by atoms with van der Waals surface area (Å²) in [7, 11) is 1.71. The van der Waals surface area contributed by atoms with Gasteiger partial charge in [-0.3, -0.25) is 0 Å². The third-order valence-electron chi connectivity index (χ3n) is 3.16. The van der Waals surface area contributed by atoms with Gasteiger partial charge in [0.25, 0.3) is 0 Å². The van der Waals surface area contributed by atoms with Gasteiger partial charge in [0.2, 0.25) is 0 Å². The van der Waals surface area contributed by atoms with Gasteiger partial charge < -0.3 is 14.8 Å². The molecule has 1 atom stereocenters. The zero-order valence-corrected chi connectivity index (χ0v) is 10.8. The lowest BCUT2D eigenvalue weighted by molar-refractivity contribution is 0.00818. The van der Waals surface area contributed by atoms with Crippen molar-refractivity contribution >= 4 is 0 Å². The van der Waals surface area contributed by atoms with Gasteiger partial charge in [-0.2, -0.15) is 0 Å². The first-order valence-electron chi connectivity index (χ1n) is 6.67. The van der Waals surface area contributed by atoms with Crippen LogP contribution in [0.1, 0.15) is 45.4 Å². The van der Waals surface area contributed by atoms with Gasteiger partial charge in [0.15, 0.2) is 0 Å². The van der Waals surface area contributed by atoms with Gasteiger partial charge >= 0.3 is 0 Å². The van der Waals surface area contributed by atoms with Crippen LogP contribution in [0.15, 0.2) is 0 Å². The molecule has 0 aliphatic heterocycles. The molecule has 0 spiro atoms. The molecule has 1 saturated carbocycles. The summed E-state index contributed by atoms with van der Waals surface area (Å²) in [4.78, 5) is 0. The first kappa shape index (κ1) is 13.9. The molecule has 1 fully saturated rings. The minimum absolute atomic E-state index is 0.222. The van der Waals surface area contributed by atoms with Gasteiger partial charge in [0.1, 0.15) is 0 Å². The third-order valence-corrected chi connectivity index (χ3v) is 3.16. The number of nitrogens with one attached hydrogen (secondary N) is 1. The standard InChI is InChI=1S/C13H27NO2/c1-12(11-15-2)16-10-6-9-14-13-7-4-3-5-8-13/h12-14H,3-11H2,1-2H3. The van der Waals surface area contributed by atoms with Crippen LogP contribution in [0.5, 0.6) is 0 Å². The fraction of sp³-hybridized carbons (Fsp3) is 1.00. The SMILES string of the molecule is COCC(C)OCCCNC1CCCCC1. The van der Waals surface area contributed by atoms with E-state index in [2.05, 4.69) is 12.2 Å². The number of hydrogen-bond donors (Lipinski definition) is 1. The van der Waals surface area contributed by atoms with Crippen LogP contribution in [0.25, 0.3) is 0 Å². The molecule has 1 aliphatic rings. The summed E-state index contributed by atoms with van der Waals surface area (Å²) in [6, 6.07) is 0.769. The predicted octanol–water partition coefficient (Wildman–Crippen LogP) is 2.35. The van der Waals surface area contributed by atoms with Crippen molar-refractivity contribution in [1.29, 1.82) is 0 Å². The number of ether oxygens (including phenoxy) is 2. The second-order valence-electron chi connectivity index (χ2n) is 4.78. The van der Waals surface area contributed by atoms with Crippen molar-refractivity contribution in [1.82, 2.24) is 5.32 Å². The first-order chi connectivity index (χ1) is 7.83. The van der Waals surface area contributed by atoms with E-state index in [1.807, 2.05) is 0 Å².